The molecule has 0 aliphatic heterocycles. The van der Waals surface area contributed by atoms with Crippen LogP contribution >= 0.6 is 0 Å². The van der Waals surface area contributed by atoms with Crippen molar-refractivity contribution >= 4 is 0 Å². The van der Waals surface area contributed by atoms with Crippen molar-refractivity contribution < 1.29 is 34.3 Å². The maximum atomic E-state index is 10.2. The number of ether oxygens (including phenoxy) is 4. The van der Waals surface area contributed by atoms with Crippen LogP contribution in [0.4, 0.5) is 0 Å². The number of phenolic OH excluding ortho intramolecular Hbond substituents is 3. The normalized spacial score (nSPS) is 11.7. The first-order valence-corrected chi connectivity index (χ1v) is 10.5. The molecule has 33 heavy (non-hydrogen) atoms. The lowest BCUT2D eigenvalue weighted by Gasteiger charge is -2.22. The van der Waals surface area contributed by atoms with Gasteiger partial charge >= 0.3 is 0 Å². The molecular formula is C26H30O7. The molecular weight excluding hydrogens is 424 g/mol. The van der Waals surface area contributed by atoms with Crippen molar-refractivity contribution in [3.8, 4) is 51.7 Å². The molecule has 0 spiro atoms. The summed E-state index contributed by atoms with van der Waals surface area (Å²) >= 11 is 0. The van der Waals surface area contributed by atoms with Gasteiger partial charge in [-0.15, -0.1) is 0 Å². The first kappa shape index (κ1) is 23.9. The molecule has 0 aromatic heterocycles. The van der Waals surface area contributed by atoms with Crippen LogP contribution in [0.25, 0.3) is 0 Å². The van der Waals surface area contributed by atoms with Gasteiger partial charge in [-0.2, -0.15) is 0 Å². The van der Waals surface area contributed by atoms with Gasteiger partial charge in [0.1, 0.15) is 62.9 Å². The van der Waals surface area contributed by atoms with Crippen LogP contribution in [0.2, 0.25) is 0 Å². The van der Waals surface area contributed by atoms with E-state index in [1.165, 1.54) is 36.4 Å². The summed E-state index contributed by atoms with van der Waals surface area (Å²) in [6.45, 7) is 11.4. The highest BCUT2D eigenvalue weighted by Gasteiger charge is 2.15. The van der Waals surface area contributed by atoms with Gasteiger partial charge in [-0.3, -0.25) is 0 Å². The second-order valence-electron chi connectivity index (χ2n) is 9.62. The second-order valence-corrected chi connectivity index (χ2v) is 9.62. The number of hydrogen-bond acceptors (Lipinski definition) is 7. The van der Waals surface area contributed by atoms with Crippen LogP contribution in [0.15, 0.2) is 54.6 Å². The molecule has 0 aliphatic rings. The lowest BCUT2D eigenvalue weighted by Crippen LogP contribution is -2.22. The van der Waals surface area contributed by atoms with Gasteiger partial charge in [-0.05, 0) is 41.5 Å². The minimum Gasteiger partial charge on any atom is -0.508 e. The zero-order valence-electron chi connectivity index (χ0n) is 19.7. The molecule has 0 heterocycles. The fraction of sp³-hybridized carbons (Fsp3) is 0.308. The van der Waals surface area contributed by atoms with E-state index in [9.17, 15) is 15.3 Å². The third-order valence-electron chi connectivity index (χ3n) is 3.91. The summed E-state index contributed by atoms with van der Waals surface area (Å²) in [5.74, 6) is 1.98. The average molecular weight is 455 g/mol. The molecule has 3 aromatic carbocycles. The Morgan fingerprint density at radius 3 is 0.939 bits per heavy atom. The Morgan fingerprint density at radius 2 is 0.667 bits per heavy atom. The summed E-state index contributed by atoms with van der Waals surface area (Å²) in [5, 5.41) is 30.2. The molecule has 0 bridgehead atoms. The maximum Gasteiger partial charge on any atom is 0.134 e. The molecule has 0 unspecified atom stereocenters. The predicted octanol–water partition coefficient (Wildman–Crippen LogP) is 6.74. The highest BCUT2D eigenvalue weighted by Crippen LogP contribution is 2.37. The molecule has 3 N–H and O–H groups in total. The van der Waals surface area contributed by atoms with Crippen molar-refractivity contribution in [3.63, 3.8) is 0 Å². The van der Waals surface area contributed by atoms with Gasteiger partial charge in [-0.1, -0.05) is 0 Å². The lowest BCUT2D eigenvalue weighted by molar-refractivity contribution is 0.129. The summed E-state index contributed by atoms with van der Waals surface area (Å²) < 4.78 is 23.3. The SMILES string of the molecule is CC(C)(C)Oc1cc(O)cc(Oc2cc(O)cc(Oc3cc(O)cc(OC(C)(C)C)c3)c2)c1. The van der Waals surface area contributed by atoms with Crippen LogP contribution in [-0.4, -0.2) is 26.5 Å². The van der Waals surface area contributed by atoms with Crippen molar-refractivity contribution in [1.82, 2.24) is 0 Å². The monoisotopic (exact) mass is 454 g/mol. The number of phenols is 3. The highest BCUT2D eigenvalue weighted by molar-refractivity contribution is 5.49. The van der Waals surface area contributed by atoms with E-state index in [-0.39, 0.29) is 28.7 Å². The highest BCUT2D eigenvalue weighted by atomic mass is 16.5. The molecule has 3 rings (SSSR count). The Kier molecular flexibility index (Phi) is 6.53. The molecule has 7 heteroatoms. The smallest absolute Gasteiger partial charge is 0.134 e. The summed E-state index contributed by atoms with van der Waals surface area (Å²) in [6.07, 6.45) is 0. The van der Waals surface area contributed by atoms with E-state index in [0.717, 1.165) is 0 Å². The first-order chi connectivity index (χ1) is 15.2. The molecule has 0 atom stereocenters. The number of benzene rings is 3. The van der Waals surface area contributed by atoms with E-state index >= 15 is 0 Å². The van der Waals surface area contributed by atoms with E-state index in [4.69, 9.17) is 18.9 Å². The van der Waals surface area contributed by atoms with Crippen LogP contribution in [0.5, 0.6) is 51.7 Å². The van der Waals surface area contributed by atoms with Gasteiger partial charge in [0.2, 0.25) is 0 Å². The Labute approximate surface area is 193 Å². The van der Waals surface area contributed by atoms with Gasteiger partial charge in [0.05, 0.1) is 0 Å². The van der Waals surface area contributed by atoms with Crippen molar-refractivity contribution in [1.29, 1.82) is 0 Å². The molecule has 0 saturated carbocycles. The molecule has 0 fully saturated rings. The summed E-state index contributed by atoms with van der Waals surface area (Å²) in [5.41, 5.74) is -0.901. The Hall–Kier alpha value is -3.74. The molecule has 0 aliphatic carbocycles. The fourth-order valence-corrected chi connectivity index (χ4v) is 3.00. The van der Waals surface area contributed by atoms with Crippen molar-refractivity contribution in [2.45, 2.75) is 52.7 Å². The topological polar surface area (TPSA) is 97.6 Å². The predicted molar refractivity (Wildman–Crippen MR) is 125 cm³/mol. The second kappa shape index (κ2) is 9.02. The van der Waals surface area contributed by atoms with Gasteiger partial charge < -0.3 is 34.3 Å². The van der Waals surface area contributed by atoms with Gasteiger partial charge in [-0.25, -0.2) is 0 Å². The zero-order chi connectivity index (χ0) is 24.4. The van der Waals surface area contributed by atoms with E-state index in [2.05, 4.69) is 0 Å². The van der Waals surface area contributed by atoms with Crippen LogP contribution < -0.4 is 18.9 Å². The molecule has 0 radical (unpaired) electrons. The third-order valence-corrected chi connectivity index (χ3v) is 3.91. The fourth-order valence-electron chi connectivity index (χ4n) is 3.00. The van der Waals surface area contributed by atoms with Crippen LogP contribution in [0.1, 0.15) is 41.5 Å². The number of rotatable bonds is 6. The zero-order valence-corrected chi connectivity index (χ0v) is 19.7. The van der Waals surface area contributed by atoms with E-state index in [0.29, 0.717) is 23.0 Å². The summed E-state index contributed by atoms with van der Waals surface area (Å²) in [6, 6.07) is 13.5. The first-order valence-electron chi connectivity index (χ1n) is 10.5. The number of aromatic hydroxyl groups is 3. The minimum absolute atomic E-state index is 0.0190. The van der Waals surface area contributed by atoms with Gasteiger partial charge in [0.15, 0.2) is 0 Å². The summed E-state index contributed by atoms with van der Waals surface area (Å²) in [7, 11) is 0. The van der Waals surface area contributed by atoms with Crippen LogP contribution in [0.3, 0.4) is 0 Å². The molecule has 0 saturated heterocycles. The Morgan fingerprint density at radius 1 is 0.424 bits per heavy atom. The van der Waals surface area contributed by atoms with Gasteiger partial charge in [0.25, 0.3) is 0 Å². The third kappa shape index (κ3) is 7.71. The summed E-state index contributed by atoms with van der Waals surface area (Å²) in [4.78, 5) is 0. The van der Waals surface area contributed by atoms with Crippen molar-refractivity contribution in [2.75, 3.05) is 0 Å². The lowest BCUT2D eigenvalue weighted by atomic mass is 10.2. The molecule has 0 amide bonds. The van der Waals surface area contributed by atoms with Crippen LogP contribution in [-0.2, 0) is 0 Å². The standard InChI is InChI=1S/C26H30O7/c1-25(2,3)32-23-11-17(28)9-21(14-23)30-19-7-16(27)8-20(13-19)31-22-10-18(29)12-24(15-22)33-26(4,5)6/h7-15,27-29H,1-6H3. The minimum atomic E-state index is -0.451. The molecule has 7 nitrogen and oxygen atoms in total. The Balaban J connectivity index is 1.84. The Bertz CT molecular complexity index is 1040. The van der Waals surface area contributed by atoms with Crippen molar-refractivity contribution in [3.05, 3.63) is 54.6 Å². The average Bonchev–Trinajstić information content (AvgIpc) is 2.56. The van der Waals surface area contributed by atoms with Crippen molar-refractivity contribution in [2.24, 2.45) is 0 Å². The largest absolute Gasteiger partial charge is 0.508 e. The molecule has 3 aromatic rings. The molecule has 176 valence electrons. The van der Waals surface area contributed by atoms with Crippen LogP contribution in [0, 0.1) is 0 Å². The quantitative estimate of drug-likeness (QED) is 0.379. The van der Waals surface area contributed by atoms with E-state index in [1.807, 2.05) is 41.5 Å². The number of hydrogen-bond donors (Lipinski definition) is 3. The maximum absolute atomic E-state index is 10.2. The van der Waals surface area contributed by atoms with E-state index in [1.54, 1.807) is 18.2 Å². The van der Waals surface area contributed by atoms with E-state index < -0.39 is 11.2 Å². The van der Waals surface area contributed by atoms with Gasteiger partial charge in [0, 0.05) is 54.6 Å².